The van der Waals surface area contributed by atoms with Crippen molar-refractivity contribution in [2.75, 3.05) is 5.73 Å². The molecule has 0 saturated carbocycles. The number of nitrogen functional groups attached to an aromatic ring is 1. The van der Waals surface area contributed by atoms with E-state index in [0.29, 0.717) is 27.0 Å². The summed E-state index contributed by atoms with van der Waals surface area (Å²) in [6.45, 7) is 1.84. The lowest BCUT2D eigenvalue weighted by molar-refractivity contribution is -0.136. The van der Waals surface area contributed by atoms with Crippen LogP contribution in [0.3, 0.4) is 0 Å². The van der Waals surface area contributed by atoms with Crippen LogP contribution in [0.15, 0.2) is 41.3 Å². The van der Waals surface area contributed by atoms with E-state index in [1.54, 1.807) is 31.2 Å². The number of anilines is 1. The molecule has 122 valence electrons. The van der Waals surface area contributed by atoms with E-state index in [9.17, 15) is 4.79 Å². The molecule has 2 aromatic rings. The van der Waals surface area contributed by atoms with Crippen LogP contribution in [0.1, 0.15) is 12.5 Å². The van der Waals surface area contributed by atoms with Crippen molar-refractivity contribution in [3.8, 4) is 5.75 Å². The molecule has 0 aliphatic heterocycles. The first kappa shape index (κ1) is 17.8. The van der Waals surface area contributed by atoms with E-state index < -0.39 is 11.2 Å². The van der Waals surface area contributed by atoms with E-state index in [2.05, 4.69) is 0 Å². The molecule has 4 nitrogen and oxygen atoms in total. The van der Waals surface area contributed by atoms with Crippen LogP contribution in [-0.4, -0.2) is 16.3 Å². The fourth-order valence-corrected chi connectivity index (χ4v) is 3.05. The number of ether oxygens (including phenoxy) is 1. The van der Waals surface area contributed by atoms with E-state index in [0.717, 1.165) is 4.90 Å². The molecule has 0 saturated heterocycles. The Morgan fingerprint density at radius 2 is 1.91 bits per heavy atom. The second-order valence-electron chi connectivity index (χ2n) is 4.79. The van der Waals surface area contributed by atoms with Gasteiger partial charge >= 0.3 is 5.97 Å². The summed E-state index contributed by atoms with van der Waals surface area (Å²) in [4.78, 5) is 11.7. The van der Waals surface area contributed by atoms with Crippen molar-refractivity contribution < 1.29 is 14.6 Å². The van der Waals surface area contributed by atoms with E-state index in [1.807, 2.05) is 12.1 Å². The van der Waals surface area contributed by atoms with E-state index in [1.165, 1.54) is 11.8 Å². The Morgan fingerprint density at radius 1 is 1.26 bits per heavy atom. The number of rotatable bonds is 6. The fraction of sp³-hybridized carbons (Fsp3) is 0.188. The molecule has 1 atom stereocenters. The number of carboxylic acid groups (broad SMARTS) is 1. The smallest absolute Gasteiger partial charge is 0.316 e. The molecule has 23 heavy (non-hydrogen) atoms. The molecule has 2 rings (SSSR count). The lowest BCUT2D eigenvalue weighted by Crippen LogP contribution is -2.10. The third kappa shape index (κ3) is 4.70. The first-order valence-electron chi connectivity index (χ1n) is 6.73. The van der Waals surface area contributed by atoms with Gasteiger partial charge in [-0.1, -0.05) is 23.2 Å². The second-order valence-corrected chi connectivity index (χ2v) is 6.99. The topological polar surface area (TPSA) is 72.5 Å². The highest BCUT2D eigenvalue weighted by Crippen LogP contribution is 2.31. The Hall–Kier alpha value is -1.56. The quantitative estimate of drug-likeness (QED) is 0.567. The minimum Gasteiger partial charge on any atom is -0.489 e. The predicted molar refractivity (Wildman–Crippen MR) is 94.6 cm³/mol. The lowest BCUT2D eigenvalue weighted by Gasteiger charge is -2.12. The molecule has 0 radical (unpaired) electrons. The Balaban J connectivity index is 2.02. The van der Waals surface area contributed by atoms with Crippen molar-refractivity contribution in [3.63, 3.8) is 0 Å². The van der Waals surface area contributed by atoms with Crippen LogP contribution < -0.4 is 10.5 Å². The largest absolute Gasteiger partial charge is 0.489 e. The lowest BCUT2D eigenvalue weighted by atomic mass is 10.2. The van der Waals surface area contributed by atoms with Gasteiger partial charge in [-0.25, -0.2) is 0 Å². The van der Waals surface area contributed by atoms with Crippen LogP contribution in [-0.2, 0) is 11.4 Å². The number of benzene rings is 2. The molecule has 0 aromatic heterocycles. The number of halogens is 2. The van der Waals surface area contributed by atoms with E-state index in [-0.39, 0.29) is 6.61 Å². The zero-order valence-electron chi connectivity index (χ0n) is 12.3. The minimum absolute atomic E-state index is 0.195. The molecule has 0 spiro atoms. The van der Waals surface area contributed by atoms with Gasteiger partial charge in [0.2, 0.25) is 0 Å². The molecular formula is C16H15Cl2NO3S. The zero-order chi connectivity index (χ0) is 17.0. The third-order valence-corrected chi connectivity index (χ3v) is 4.98. The molecular weight excluding hydrogens is 357 g/mol. The van der Waals surface area contributed by atoms with Gasteiger partial charge in [0.15, 0.2) is 0 Å². The van der Waals surface area contributed by atoms with Crippen molar-refractivity contribution in [2.24, 2.45) is 0 Å². The van der Waals surface area contributed by atoms with E-state index >= 15 is 0 Å². The molecule has 0 heterocycles. The second kappa shape index (κ2) is 7.81. The summed E-state index contributed by atoms with van der Waals surface area (Å²) >= 11 is 13.5. The number of aliphatic carboxylic acids is 1. The number of carbonyl (C=O) groups is 1. The maximum Gasteiger partial charge on any atom is 0.316 e. The van der Waals surface area contributed by atoms with Crippen molar-refractivity contribution in [3.05, 3.63) is 52.0 Å². The molecule has 0 amide bonds. The highest BCUT2D eigenvalue weighted by atomic mass is 35.5. The molecule has 7 heteroatoms. The fourth-order valence-electron chi connectivity index (χ4n) is 1.77. The minimum atomic E-state index is -0.846. The zero-order valence-corrected chi connectivity index (χ0v) is 14.6. The first-order valence-corrected chi connectivity index (χ1v) is 8.36. The van der Waals surface area contributed by atoms with Gasteiger partial charge in [0.1, 0.15) is 17.6 Å². The van der Waals surface area contributed by atoms with Crippen LogP contribution in [0.4, 0.5) is 5.69 Å². The summed E-state index contributed by atoms with van der Waals surface area (Å²) in [5.74, 6) is -0.215. The normalized spacial score (nSPS) is 12.0. The average molecular weight is 372 g/mol. The first-order chi connectivity index (χ1) is 10.9. The van der Waals surface area contributed by atoms with Crippen molar-refractivity contribution >= 4 is 46.6 Å². The van der Waals surface area contributed by atoms with Crippen LogP contribution in [0.2, 0.25) is 10.0 Å². The van der Waals surface area contributed by atoms with Gasteiger partial charge < -0.3 is 15.6 Å². The van der Waals surface area contributed by atoms with Gasteiger partial charge in [-0.05, 0) is 43.3 Å². The summed E-state index contributed by atoms with van der Waals surface area (Å²) in [6.07, 6.45) is 0. The standard InChI is InChI=1S/C16H15Cl2NO3S/c1-9(16(20)21)23-11-4-2-10(3-5-11)22-8-12-13(17)6-7-14(19)15(12)18/h2-7,9H,8,19H2,1H3,(H,20,21). The Bertz CT molecular complexity index is 707. The third-order valence-electron chi connectivity index (χ3n) is 3.08. The molecule has 1 unspecified atom stereocenters. The number of hydrogen-bond acceptors (Lipinski definition) is 4. The SMILES string of the molecule is CC(Sc1ccc(OCc2c(Cl)ccc(N)c2Cl)cc1)C(=O)O. The summed E-state index contributed by atoms with van der Waals surface area (Å²) in [5.41, 5.74) is 6.83. The molecule has 3 N–H and O–H groups in total. The monoisotopic (exact) mass is 371 g/mol. The molecule has 2 aromatic carbocycles. The molecule has 0 aliphatic carbocycles. The number of nitrogens with two attached hydrogens (primary N) is 1. The summed E-state index contributed by atoms with van der Waals surface area (Å²) < 4.78 is 5.67. The van der Waals surface area contributed by atoms with Crippen LogP contribution >= 0.6 is 35.0 Å². The van der Waals surface area contributed by atoms with Crippen LogP contribution in [0.25, 0.3) is 0 Å². The maximum atomic E-state index is 10.8. The van der Waals surface area contributed by atoms with Crippen molar-refractivity contribution in [1.29, 1.82) is 0 Å². The van der Waals surface area contributed by atoms with Crippen LogP contribution in [0, 0.1) is 0 Å². The average Bonchev–Trinajstić information content (AvgIpc) is 2.52. The van der Waals surface area contributed by atoms with Crippen LogP contribution in [0.5, 0.6) is 5.75 Å². The van der Waals surface area contributed by atoms with E-state index in [4.69, 9.17) is 38.8 Å². The number of carboxylic acids is 1. The maximum absolute atomic E-state index is 10.8. The highest BCUT2D eigenvalue weighted by molar-refractivity contribution is 8.00. The van der Waals surface area contributed by atoms with Gasteiger partial charge in [-0.2, -0.15) is 0 Å². The van der Waals surface area contributed by atoms with Crippen molar-refractivity contribution in [1.82, 2.24) is 0 Å². The number of thioether (sulfide) groups is 1. The van der Waals surface area contributed by atoms with Gasteiger partial charge in [-0.3, -0.25) is 4.79 Å². The molecule has 0 aliphatic rings. The predicted octanol–water partition coefficient (Wildman–Crippen LogP) is 4.72. The Kier molecular flexibility index (Phi) is 6.04. The van der Waals surface area contributed by atoms with Gasteiger partial charge in [0.05, 0.1) is 10.7 Å². The van der Waals surface area contributed by atoms with Gasteiger partial charge in [0, 0.05) is 15.5 Å². The summed E-state index contributed by atoms with van der Waals surface area (Å²) in [5, 5.41) is 9.28. The van der Waals surface area contributed by atoms with Gasteiger partial charge in [0.25, 0.3) is 0 Å². The van der Waals surface area contributed by atoms with Crippen molar-refractivity contribution in [2.45, 2.75) is 23.7 Å². The van der Waals surface area contributed by atoms with Gasteiger partial charge in [-0.15, -0.1) is 11.8 Å². The number of hydrogen-bond donors (Lipinski definition) is 2. The molecule has 0 bridgehead atoms. The molecule has 0 fully saturated rings. The Morgan fingerprint density at radius 3 is 2.52 bits per heavy atom. The summed E-state index contributed by atoms with van der Waals surface area (Å²) in [6, 6.07) is 10.5. The highest BCUT2D eigenvalue weighted by Gasteiger charge is 2.13. The summed E-state index contributed by atoms with van der Waals surface area (Å²) in [7, 11) is 0. The Labute approximate surface area is 148 Å².